The van der Waals surface area contributed by atoms with Crippen LogP contribution in [-0.2, 0) is 32.2 Å². The third-order valence-electron chi connectivity index (χ3n) is 8.48. The molecule has 0 radical (unpaired) electrons. The lowest BCUT2D eigenvalue weighted by molar-refractivity contribution is -0.149. The van der Waals surface area contributed by atoms with Crippen LogP contribution in [0, 0.1) is 29.4 Å². The molecule has 0 spiro atoms. The average molecular weight is 621 g/mol. The Hall–Kier alpha value is -4.31. The first kappa shape index (κ1) is 32.1. The Balaban J connectivity index is 1.05. The van der Waals surface area contributed by atoms with Gasteiger partial charge in [0.15, 0.2) is 0 Å². The Morgan fingerprint density at radius 2 is 1.73 bits per heavy atom. The van der Waals surface area contributed by atoms with E-state index in [1.54, 1.807) is 6.07 Å². The van der Waals surface area contributed by atoms with Gasteiger partial charge >= 0.3 is 11.9 Å². The predicted molar refractivity (Wildman–Crippen MR) is 163 cm³/mol. The van der Waals surface area contributed by atoms with Crippen molar-refractivity contribution in [2.75, 3.05) is 33.4 Å². The summed E-state index contributed by atoms with van der Waals surface area (Å²) in [4.78, 5) is 39.1. The fourth-order valence-electron chi connectivity index (χ4n) is 5.74. The van der Waals surface area contributed by atoms with Gasteiger partial charge in [-0.3, -0.25) is 14.5 Å². The van der Waals surface area contributed by atoms with Gasteiger partial charge in [-0.05, 0) is 80.2 Å². The summed E-state index contributed by atoms with van der Waals surface area (Å²) in [7, 11) is 1.15. The second-order valence-corrected chi connectivity index (χ2v) is 11.5. The lowest BCUT2D eigenvalue weighted by Crippen LogP contribution is -2.36. The molecule has 8 nitrogen and oxygen atoms in total. The zero-order valence-corrected chi connectivity index (χ0v) is 25.5. The van der Waals surface area contributed by atoms with Crippen molar-refractivity contribution in [2.45, 2.75) is 39.3 Å². The molecular weight excluding hydrogens is 582 g/mol. The number of carbonyl (C=O) groups excluding carboxylic acids is 3. The van der Waals surface area contributed by atoms with Gasteiger partial charge in [-0.15, -0.1) is 0 Å². The van der Waals surface area contributed by atoms with Gasteiger partial charge in [0.1, 0.15) is 22.9 Å². The molecule has 3 aromatic rings. The van der Waals surface area contributed by atoms with Crippen molar-refractivity contribution in [3.05, 3.63) is 89.0 Å². The number of piperidine rings is 1. The average Bonchev–Trinajstić information content (AvgIpc) is 3.83. The number of ether oxygens (including phenoxy) is 3. The Labute approximate surface area is 261 Å². The lowest BCUT2D eigenvalue weighted by atomic mass is 9.96. The number of methoxy groups -OCH3 is 1. The molecule has 1 saturated carbocycles. The minimum Gasteiger partial charge on any atom is -0.493 e. The van der Waals surface area contributed by atoms with Crippen molar-refractivity contribution in [1.29, 1.82) is 0 Å². The topological polar surface area (TPSA) is 94.2 Å². The van der Waals surface area contributed by atoms with Crippen LogP contribution >= 0.6 is 0 Å². The molecule has 238 valence electrons. The summed E-state index contributed by atoms with van der Waals surface area (Å²) in [6.45, 7) is 5.19. The first-order valence-electron chi connectivity index (χ1n) is 15.3. The van der Waals surface area contributed by atoms with E-state index in [4.69, 9.17) is 9.47 Å². The van der Waals surface area contributed by atoms with Crippen LogP contribution in [0.2, 0.25) is 0 Å². The lowest BCUT2D eigenvalue weighted by Gasteiger charge is -2.30. The number of hydrogen-bond donors (Lipinski definition) is 1. The van der Waals surface area contributed by atoms with Crippen molar-refractivity contribution in [3.63, 3.8) is 0 Å². The van der Waals surface area contributed by atoms with E-state index in [0.29, 0.717) is 25.2 Å². The van der Waals surface area contributed by atoms with E-state index in [9.17, 15) is 23.2 Å². The quantitative estimate of drug-likeness (QED) is 0.267. The number of rotatable bonds is 12. The molecule has 2 aliphatic rings. The fourth-order valence-corrected chi connectivity index (χ4v) is 5.74. The first-order chi connectivity index (χ1) is 21.8. The van der Waals surface area contributed by atoms with Crippen molar-refractivity contribution in [3.8, 4) is 16.9 Å². The van der Waals surface area contributed by atoms with Gasteiger partial charge in [-0.25, -0.2) is 13.6 Å². The predicted octanol–water partition coefficient (Wildman–Crippen LogP) is 5.52. The molecule has 2 atom stereocenters. The molecule has 0 aromatic heterocycles. The second-order valence-electron chi connectivity index (χ2n) is 11.5. The molecule has 10 heteroatoms. The normalized spacial score (nSPS) is 18.2. The van der Waals surface area contributed by atoms with Crippen LogP contribution in [0.4, 0.5) is 8.78 Å². The van der Waals surface area contributed by atoms with Crippen LogP contribution < -0.4 is 10.1 Å². The smallest absolute Gasteiger partial charge is 0.341 e. The van der Waals surface area contributed by atoms with Crippen molar-refractivity contribution >= 4 is 17.8 Å². The van der Waals surface area contributed by atoms with Gasteiger partial charge in [-0.2, -0.15) is 0 Å². The molecular formula is C35H38F2N2O6. The number of benzene rings is 3. The maximum atomic E-state index is 14.9. The van der Waals surface area contributed by atoms with E-state index in [1.807, 2.05) is 31.2 Å². The van der Waals surface area contributed by atoms with Crippen LogP contribution in [0.3, 0.4) is 0 Å². The first-order valence-corrected chi connectivity index (χ1v) is 15.3. The molecule has 1 N–H and O–H groups in total. The summed E-state index contributed by atoms with van der Waals surface area (Å²) in [5, 5.41) is 2.80. The molecule has 2 unspecified atom stereocenters. The fraction of sp³-hybridized carbons (Fsp3) is 0.400. The zero-order chi connectivity index (χ0) is 31.9. The van der Waals surface area contributed by atoms with Crippen LogP contribution in [-0.4, -0.2) is 56.2 Å². The Kier molecular flexibility index (Phi) is 10.4. The summed E-state index contributed by atoms with van der Waals surface area (Å²) in [5.41, 5.74) is 1.73. The summed E-state index contributed by atoms with van der Waals surface area (Å²) >= 11 is 0. The zero-order valence-electron chi connectivity index (χ0n) is 25.5. The maximum Gasteiger partial charge on any atom is 0.341 e. The summed E-state index contributed by atoms with van der Waals surface area (Å²) in [5.74, 6) is -1.80. The van der Waals surface area contributed by atoms with Gasteiger partial charge in [-0.1, -0.05) is 36.4 Å². The van der Waals surface area contributed by atoms with Gasteiger partial charge in [0.05, 0.1) is 26.2 Å². The number of esters is 2. The molecule has 2 fully saturated rings. The molecule has 1 saturated heterocycles. The second kappa shape index (κ2) is 14.6. The number of likely N-dealkylation sites (tertiary alicyclic amines) is 1. The number of amides is 1. The molecule has 1 aliphatic carbocycles. The van der Waals surface area contributed by atoms with Crippen LogP contribution in [0.15, 0.2) is 60.7 Å². The van der Waals surface area contributed by atoms with E-state index < -0.39 is 17.6 Å². The molecule has 3 aromatic carbocycles. The third kappa shape index (κ3) is 8.05. The summed E-state index contributed by atoms with van der Waals surface area (Å²) in [6.07, 6.45) is 2.32. The SMILES string of the molecule is CCOC(=O)C1CCN(Cc2ccc(OCC3CC3C(=O)NCc3ccc(-c4cccc(F)c4C(=O)OC)cc3F)cc2)CC1. The molecule has 1 amide bonds. The monoisotopic (exact) mass is 620 g/mol. The van der Waals surface area contributed by atoms with Crippen LogP contribution in [0.1, 0.15) is 47.7 Å². The molecule has 45 heavy (non-hydrogen) atoms. The highest BCUT2D eigenvalue weighted by molar-refractivity contribution is 5.97. The van der Waals surface area contributed by atoms with Crippen LogP contribution in [0.5, 0.6) is 5.75 Å². The van der Waals surface area contributed by atoms with Gasteiger partial charge in [0.2, 0.25) is 5.91 Å². The van der Waals surface area contributed by atoms with Crippen molar-refractivity contribution in [2.24, 2.45) is 17.8 Å². The molecule has 0 bridgehead atoms. The van der Waals surface area contributed by atoms with Crippen molar-refractivity contribution in [1.82, 2.24) is 10.2 Å². The van der Waals surface area contributed by atoms with E-state index >= 15 is 0 Å². The van der Waals surface area contributed by atoms with E-state index in [2.05, 4.69) is 15.0 Å². The molecule has 1 heterocycles. The van der Waals surface area contributed by atoms with E-state index in [-0.39, 0.29) is 52.9 Å². The Bertz CT molecular complexity index is 1520. The minimum absolute atomic E-state index is 0.00396. The maximum absolute atomic E-state index is 14.9. The van der Waals surface area contributed by atoms with Crippen LogP contribution in [0.25, 0.3) is 11.1 Å². The Morgan fingerprint density at radius 1 is 0.978 bits per heavy atom. The highest BCUT2D eigenvalue weighted by Gasteiger charge is 2.43. The number of hydrogen-bond acceptors (Lipinski definition) is 7. The summed E-state index contributed by atoms with van der Waals surface area (Å²) in [6, 6.07) is 16.4. The number of nitrogens with one attached hydrogen (secondary N) is 1. The van der Waals surface area contributed by atoms with E-state index in [1.165, 1.54) is 29.8 Å². The third-order valence-corrected chi connectivity index (χ3v) is 8.48. The van der Waals surface area contributed by atoms with Crippen molar-refractivity contribution < 1.29 is 37.4 Å². The Morgan fingerprint density at radius 3 is 2.42 bits per heavy atom. The summed E-state index contributed by atoms with van der Waals surface area (Å²) < 4.78 is 45.0. The molecule has 5 rings (SSSR count). The van der Waals surface area contributed by atoms with Gasteiger partial charge in [0.25, 0.3) is 0 Å². The number of carbonyl (C=O) groups is 3. The standard InChI is InChI=1S/C35H38F2N2O6/c1-3-44-34(41)23-13-15-39(16-14-23)20-22-7-11-27(12-8-22)45-21-26-17-29(26)33(40)38-19-25-10-9-24(18-31(25)37)28-5-4-6-30(36)32(28)35(42)43-2/h4-12,18,23,26,29H,3,13-17,19-21H2,1-2H3,(H,38,40). The largest absolute Gasteiger partial charge is 0.493 e. The van der Waals surface area contributed by atoms with Gasteiger partial charge in [0, 0.05) is 30.5 Å². The highest BCUT2D eigenvalue weighted by atomic mass is 19.1. The molecule has 1 aliphatic heterocycles. The highest BCUT2D eigenvalue weighted by Crippen LogP contribution is 2.39. The number of nitrogens with zero attached hydrogens (tertiary/aromatic N) is 1. The van der Waals surface area contributed by atoms with E-state index in [0.717, 1.165) is 51.4 Å². The van der Waals surface area contributed by atoms with Gasteiger partial charge < -0.3 is 19.5 Å². The number of halogens is 2. The minimum atomic E-state index is -0.847.